The van der Waals surface area contributed by atoms with E-state index in [0.717, 1.165) is 35.2 Å². The Hall–Kier alpha value is -5.09. The van der Waals surface area contributed by atoms with E-state index in [2.05, 4.69) is 91.5 Å². The molecular formula is C39H34N4. The lowest BCUT2D eigenvalue weighted by Gasteiger charge is -2.31. The van der Waals surface area contributed by atoms with Crippen molar-refractivity contribution in [1.82, 2.24) is 15.0 Å². The summed E-state index contributed by atoms with van der Waals surface area (Å²) < 4.78 is 0. The van der Waals surface area contributed by atoms with Gasteiger partial charge < -0.3 is 4.90 Å². The van der Waals surface area contributed by atoms with E-state index in [9.17, 15) is 0 Å². The molecule has 1 aromatic heterocycles. The van der Waals surface area contributed by atoms with E-state index in [1.807, 2.05) is 60.7 Å². The number of aromatic nitrogens is 3. The van der Waals surface area contributed by atoms with Crippen molar-refractivity contribution in [3.63, 3.8) is 0 Å². The number of rotatable bonds is 5. The summed E-state index contributed by atoms with van der Waals surface area (Å²) in [6, 6.07) is 47.0. The molecule has 4 heteroatoms. The van der Waals surface area contributed by atoms with Gasteiger partial charge in [-0.2, -0.15) is 0 Å². The molecule has 0 radical (unpaired) electrons. The third-order valence-electron chi connectivity index (χ3n) is 8.53. The van der Waals surface area contributed by atoms with Crippen LogP contribution < -0.4 is 4.90 Å². The van der Waals surface area contributed by atoms with Gasteiger partial charge in [0.25, 0.3) is 0 Å². The highest BCUT2D eigenvalue weighted by atomic mass is 15.2. The van der Waals surface area contributed by atoms with Crippen LogP contribution in [-0.2, 0) is 0 Å². The number of hydrogen-bond donors (Lipinski definition) is 0. The van der Waals surface area contributed by atoms with Gasteiger partial charge in [-0.3, -0.25) is 0 Å². The highest BCUT2D eigenvalue weighted by Crippen LogP contribution is 2.44. The number of hydrogen-bond acceptors (Lipinski definition) is 4. The molecule has 0 spiro atoms. The third-order valence-corrected chi connectivity index (χ3v) is 8.53. The standard InChI is InChI=1S/C39H34N4/c1-27-14-9-10-21-33(27)34-25-24-28(2)43(36-23-12-11-22-35(34)36)32-20-13-19-31(26-32)39-41-37(29-15-5-3-6-16-29)40-38(42-39)30-17-7-4-8-18-30/h3-23,26,28,34H,24-25H2,1-2H3. The zero-order chi connectivity index (χ0) is 29.2. The minimum absolute atomic E-state index is 0.323. The van der Waals surface area contributed by atoms with Gasteiger partial charge in [-0.25, -0.2) is 15.0 Å². The maximum atomic E-state index is 4.99. The van der Waals surface area contributed by atoms with Gasteiger partial charge in [0.2, 0.25) is 0 Å². The molecule has 0 fully saturated rings. The first-order valence-electron chi connectivity index (χ1n) is 15.1. The maximum Gasteiger partial charge on any atom is 0.164 e. The summed E-state index contributed by atoms with van der Waals surface area (Å²) in [4.78, 5) is 17.4. The number of nitrogens with zero attached hydrogens (tertiary/aromatic N) is 4. The molecule has 2 unspecified atom stereocenters. The molecule has 2 atom stereocenters. The first kappa shape index (κ1) is 26.8. The topological polar surface area (TPSA) is 41.9 Å². The molecule has 1 aliphatic rings. The lowest BCUT2D eigenvalue weighted by molar-refractivity contribution is 0.598. The summed E-state index contributed by atoms with van der Waals surface area (Å²) in [6.45, 7) is 4.57. The van der Waals surface area contributed by atoms with Crippen LogP contribution in [0.1, 0.15) is 42.4 Å². The van der Waals surface area contributed by atoms with Gasteiger partial charge >= 0.3 is 0 Å². The molecule has 0 amide bonds. The molecule has 0 saturated carbocycles. The Morgan fingerprint density at radius 3 is 1.72 bits per heavy atom. The molecule has 0 aliphatic carbocycles. The molecular weight excluding hydrogens is 524 g/mol. The smallest absolute Gasteiger partial charge is 0.164 e. The van der Waals surface area contributed by atoms with Crippen LogP contribution in [0.4, 0.5) is 11.4 Å². The van der Waals surface area contributed by atoms with Crippen LogP contribution in [-0.4, -0.2) is 21.0 Å². The Kier molecular flexibility index (Phi) is 7.26. The lowest BCUT2D eigenvalue weighted by atomic mass is 9.85. The SMILES string of the molecule is Cc1ccccc1C1CCC(C)N(c2cccc(-c3nc(-c4ccccc4)nc(-c4ccccc4)n3)c2)c2ccccc21. The summed E-state index contributed by atoms with van der Waals surface area (Å²) >= 11 is 0. The largest absolute Gasteiger partial charge is 0.338 e. The van der Waals surface area contributed by atoms with Gasteiger partial charge in [0.05, 0.1) is 0 Å². The van der Waals surface area contributed by atoms with Crippen LogP contribution in [0.5, 0.6) is 0 Å². The molecule has 0 bridgehead atoms. The molecule has 4 nitrogen and oxygen atoms in total. The minimum Gasteiger partial charge on any atom is -0.338 e. The number of anilines is 2. The monoisotopic (exact) mass is 558 g/mol. The predicted molar refractivity (Wildman–Crippen MR) is 176 cm³/mol. The van der Waals surface area contributed by atoms with Crippen LogP contribution in [0.3, 0.4) is 0 Å². The van der Waals surface area contributed by atoms with Crippen LogP contribution >= 0.6 is 0 Å². The van der Waals surface area contributed by atoms with E-state index in [1.165, 1.54) is 22.4 Å². The lowest BCUT2D eigenvalue weighted by Crippen LogP contribution is -2.27. The summed E-state index contributed by atoms with van der Waals surface area (Å²) in [5.41, 5.74) is 9.47. The van der Waals surface area contributed by atoms with Crippen molar-refractivity contribution in [2.24, 2.45) is 0 Å². The molecule has 7 rings (SSSR count). The van der Waals surface area contributed by atoms with Gasteiger partial charge in [0.15, 0.2) is 17.5 Å². The van der Waals surface area contributed by atoms with Crippen molar-refractivity contribution in [1.29, 1.82) is 0 Å². The second kappa shape index (κ2) is 11.7. The molecule has 210 valence electrons. The van der Waals surface area contributed by atoms with E-state index < -0.39 is 0 Å². The molecule has 0 saturated heterocycles. The van der Waals surface area contributed by atoms with Crippen LogP contribution in [0.15, 0.2) is 133 Å². The van der Waals surface area contributed by atoms with E-state index >= 15 is 0 Å². The Balaban J connectivity index is 1.34. The summed E-state index contributed by atoms with van der Waals surface area (Å²) in [7, 11) is 0. The predicted octanol–water partition coefficient (Wildman–Crippen LogP) is 9.63. The number of benzene rings is 5. The molecule has 6 aromatic rings. The van der Waals surface area contributed by atoms with E-state index in [0.29, 0.717) is 29.4 Å². The highest BCUT2D eigenvalue weighted by molar-refractivity contribution is 5.74. The van der Waals surface area contributed by atoms with Crippen LogP contribution in [0, 0.1) is 6.92 Å². The van der Waals surface area contributed by atoms with Gasteiger partial charge in [-0.15, -0.1) is 0 Å². The van der Waals surface area contributed by atoms with E-state index in [-0.39, 0.29) is 0 Å². The highest BCUT2D eigenvalue weighted by Gasteiger charge is 2.29. The summed E-state index contributed by atoms with van der Waals surface area (Å²) in [6.07, 6.45) is 2.19. The van der Waals surface area contributed by atoms with Crippen molar-refractivity contribution in [3.8, 4) is 34.2 Å². The van der Waals surface area contributed by atoms with Crippen LogP contribution in [0.25, 0.3) is 34.2 Å². The molecule has 0 N–H and O–H groups in total. The maximum absolute atomic E-state index is 4.99. The van der Waals surface area contributed by atoms with Crippen molar-refractivity contribution < 1.29 is 0 Å². The Labute approximate surface area is 253 Å². The average Bonchev–Trinajstić information content (AvgIpc) is 3.21. The van der Waals surface area contributed by atoms with Gasteiger partial charge in [0.1, 0.15) is 0 Å². The first-order valence-corrected chi connectivity index (χ1v) is 15.1. The fourth-order valence-electron chi connectivity index (χ4n) is 6.36. The van der Waals surface area contributed by atoms with E-state index in [1.54, 1.807) is 0 Å². The van der Waals surface area contributed by atoms with Crippen molar-refractivity contribution in [2.75, 3.05) is 4.90 Å². The average molecular weight is 559 g/mol. The quantitative estimate of drug-likeness (QED) is 0.211. The van der Waals surface area contributed by atoms with Crippen LogP contribution in [0.2, 0.25) is 0 Å². The van der Waals surface area contributed by atoms with E-state index in [4.69, 9.17) is 15.0 Å². The number of aryl methyl sites for hydroxylation is 1. The first-order chi connectivity index (χ1) is 21.2. The second-order valence-corrected chi connectivity index (χ2v) is 11.4. The van der Waals surface area contributed by atoms with Crippen molar-refractivity contribution >= 4 is 11.4 Å². The minimum atomic E-state index is 0.323. The van der Waals surface area contributed by atoms with Crippen molar-refractivity contribution in [3.05, 3.63) is 150 Å². The number of fused-ring (bicyclic) bond motifs is 1. The Bertz CT molecular complexity index is 1810. The molecule has 5 aromatic carbocycles. The zero-order valence-corrected chi connectivity index (χ0v) is 24.6. The molecule has 1 aliphatic heterocycles. The molecule has 43 heavy (non-hydrogen) atoms. The summed E-state index contributed by atoms with van der Waals surface area (Å²) in [5.74, 6) is 2.37. The van der Waals surface area contributed by atoms with Gasteiger partial charge in [-0.05, 0) is 61.6 Å². The fraction of sp³-hybridized carbons (Fsp3) is 0.154. The second-order valence-electron chi connectivity index (χ2n) is 11.4. The Morgan fingerprint density at radius 1 is 0.535 bits per heavy atom. The summed E-state index contributed by atoms with van der Waals surface area (Å²) in [5, 5.41) is 0. The zero-order valence-electron chi connectivity index (χ0n) is 24.6. The van der Waals surface area contributed by atoms with Gasteiger partial charge in [-0.1, -0.05) is 115 Å². The number of para-hydroxylation sites is 1. The normalized spacial score (nSPS) is 16.4. The van der Waals surface area contributed by atoms with Gasteiger partial charge in [0, 0.05) is 40.0 Å². The third kappa shape index (κ3) is 5.32. The van der Waals surface area contributed by atoms with Crippen molar-refractivity contribution in [2.45, 2.75) is 38.6 Å². The molecule has 2 heterocycles. The fourth-order valence-corrected chi connectivity index (χ4v) is 6.36. The Morgan fingerprint density at radius 2 is 1.07 bits per heavy atom.